The summed E-state index contributed by atoms with van der Waals surface area (Å²) >= 11 is 0. The van der Waals surface area contributed by atoms with E-state index in [4.69, 9.17) is 9.84 Å². The molecule has 0 bridgehead atoms. The zero-order valence-corrected chi connectivity index (χ0v) is 10.0. The van der Waals surface area contributed by atoms with Gasteiger partial charge < -0.3 is 14.9 Å². The van der Waals surface area contributed by atoms with Crippen LogP contribution in [0.25, 0.3) is 0 Å². The Morgan fingerprint density at radius 1 is 1.33 bits per heavy atom. The molecule has 96 valence electrons. The molecule has 0 saturated heterocycles. The molecular formula is C14H16O4. The molecule has 0 unspecified atom stereocenters. The van der Waals surface area contributed by atoms with E-state index in [2.05, 4.69) is 0 Å². The Hall–Kier alpha value is -1.55. The second-order valence-corrected chi connectivity index (χ2v) is 5.32. The largest absolute Gasteiger partial charge is 0.490 e. The molecule has 0 atom stereocenters. The zero-order chi connectivity index (χ0) is 12.8. The van der Waals surface area contributed by atoms with Gasteiger partial charge in [0.1, 0.15) is 5.75 Å². The van der Waals surface area contributed by atoms with Gasteiger partial charge in [-0.05, 0) is 43.4 Å². The number of carbonyl (C=O) groups is 1. The number of hydrogen-bond acceptors (Lipinski definition) is 3. The van der Waals surface area contributed by atoms with Crippen LogP contribution in [-0.4, -0.2) is 22.3 Å². The van der Waals surface area contributed by atoms with Crippen LogP contribution in [0.15, 0.2) is 24.3 Å². The number of carboxylic acid groups (broad SMARTS) is 1. The van der Waals surface area contributed by atoms with Crippen LogP contribution in [0.3, 0.4) is 0 Å². The highest BCUT2D eigenvalue weighted by Gasteiger charge is 2.47. The van der Waals surface area contributed by atoms with E-state index in [-0.39, 0.29) is 12.8 Å². The van der Waals surface area contributed by atoms with E-state index in [1.54, 1.807) is 0 Å². The molecular weight excluding hydrogens is 232 g/mol. The second-order valence-electron chi connectivity index (χ2n) is 5.32. The van der Waals surface area contributed by atoms with Gasteiger partial charge in [-0.1, -0.05) is 12.1 Å². The van der Waals surface area contributed by atoms with Crippen molar-refractivity contribution < 1.29 is 19.7 Å². The SMILES string of the molecule is O=C(O)C1CC(O)(c2cccc(OC3CC3)c2)C1. The van der Waals surface area contributed by atoms with Crippen molar-refractivity contribution in [1.29, 1.82) is 0 Å². The Kier molecular flexibility index (Phi) is 2.55. The van der Waals surface area contributed by atoms with E-state index >= 15 is 0 Å². The van der Waals surface area contributed by atoms with Gasteiger partial charge in [0.05, 0.1) is 17.6 Å². The van der Waals surface area contributed by atoms with Crippen molar-refractivity contribution in [2.75, 3.05) is 0 Å². The van der Waals surface area contributed by atoms with Gasteiger partial charge in [-0.3, -0.25) is 4.79 Å². The Labute approximate surface area is 105 Å². The molecule has 18 heavy (non-hydrogen) atoms. The summed E-state index contributed by atoms with van der Waals surface area (Å²) in [5.74, 6) is -0.490. The number of ether oxygens (including phenoxy) is 1. The minimum atomic E-state index is -0.994. The smallest absolute Gasteiger partial charge is 0.306 e. The predicted molar refractivity (Wildman–Crippen MR) is 64.3 cm³/mol. The van der Waals surface area contributed by atoms with Crippen LogP contribution < -0.4 is 4.74 Å². The molecule has 1 aromatic rings. The second kappa shape index (κ2) is 3.99. The number of benzene rings is 1. The highest BCUT2D eigenvalue weighted by molar-refractivity contribution is 5.72. The molecule has 2 aliphatic rings. The zero-order valence-electron chi connectivity index (χ0n) is 10.0. The van der Waals surface area contributed by atoms with Crippen molar-refractivity contribution in [3.8, 4) is 5.75 Å². The number of aliphatic hydroxyl groups is 1. The third-order valence-corrected chi connectivity index (χ3v) is 3.72. The molecule has 2 fully saturated rings. The number of aliphatic carboxylic acids is 1. The minimum Gasteiger partial charge on any atom is -0.490 e. The first-order chi connectivity index (χ1) is 8.57. The molecule has 4 heteroatoms. The summed E-state index contributed by atoms with van der Waals surface area (Å²) in [4.78, 5) is 10.8. The van der Waals surface area contributed by atoms with Crippen molar-refractivity contribution in [3.63, 3.8) is 0 Å². The molecule has 0 amide bonds. The van der Waals surface area contributed by atoms with E-state index in [1.807, 2.05) is 24.3 Å². The monoisotopic (exact) mass is 248 g/mol. The van der Waals surface area contributed by atoms with Gasteiger partial charge in [0, 0.05) is 0 Å². The topological polar surface area (TPSA) is 66.8 Å². The van der Waals surface area contributed by atoms with Crippen LogP contribution in [-0.2, 0) is 10.4 Å². The summed E-state index contributed by atoms with van der Waals surface area (Å²) in [5, 5.41) is 19.2. The van der Waals surface area contributed by atoms with Crippen LogP contribution in [0.1, 0.15) is 31.2 Å². The van der Waals surface area contributed by atoms with Gasteiger partial charge in [0.25, 0.3) is 0 Å². The first-order valence-electron chi connectivity index (χ1n) is 6.29. The van der Waals surface area contributed by atoms with Crippen molar-refractivity contribution >= 4 is 5.97 Å². The van der Waals surface area contributed by atoms with E-state index in [1.165, 1.54) is 0 Å². The summed E-state index contributed by atoms with van der Waals surface area (Å²) in [5.41, 5.74) is -0.232. The van der Waals surface area contributed by atoms with E-state index < -0.39 is 17.5 Å². The average Bonchev–Trinajstić information content (AvgIpc) is 3.09. The Balaban J connectivity index is 1.73. The van der Waals surface area contributed by atoms with E-state index in [0.29, 0.717) is 6.10 Å². The molecule has 0 radical (unpaired) electrons. The number of carboxylic acids is 1. The Morgan fingerprint density at radius 3 is 2.67 bits per heavy atom. The molecule has 2 N–H and O–H groups in total. The van der Waals surface area contributed by atoms with Crippen molar-refractivity contribution in [1.82, 2.24) is 0 Å². The maximum absolute atomic E-state index is 10.8. The Bertz CT molecular complexity index is 472. The predicted octanol–water partition coefficient (Wildman–Crippen LogP) is 1.91. The maximum atomic E-state index is 10.8. The quantitative estimate of drug-likeness (QED) is 0.854. The highest BCUT2D eigenvalue weighted by Crippen LogP contribution is 2.46. The van der Waals surface area contributed by atoms with Crippen LogP contribution in [0.2, 0.25) is 0 Å². The fourth-order valence-corrected chi connectivity index (χ4v) is 2.40. The standard InChI is InChI=1S/C14H16O4/c15-13(16)9-7-14(17,8-9)10-2-1-3-12(6-10)18-11-4-5-11/h1-3,6,9,11,17H,4-5,7-8H2,(H,15,16). The van der Waals surface area contributed by atoms with Gasteiger partial charge in [-0.25, -0.2) is 0 Å². The van der Waals surface area contributed by atoms with Crippen LogP contribution in [0.5, 0.6) is 5.75 Å². The summed E-state index contributed by atoms with van der Waals surface area (Å²) < 4.78 is 5.68. The first-order valence-corrected chi connectivity index (χ1v) is 6.29. The molecule has 4 nitrogen and oxygen atoms in total. The molecule has 0 spiro atoms. The van der Waals surface area contributed by atoms with Crippen molar-refractivity contribution in [3.05, 3.63) is 29.8 Å². The lowest BCUT2D eigenvalue weighted by Gasteiger charge is -2.41. The van der Waals surface area contributed by atoms with Crippen LogP contribution in [0, 0.1) is 5.92 Å². The molecule has 0 aliphatic heterocycles. The lowest BCUT2D eigenvalue weighted by Crippen LogP contribution is -2.44. The number of hydrogen-bond donors (Lipinski definition) is 2. The van der Waals surface area contributed by atoms with Gasteiger partial charge >= 0.3 is 5.97 Å². The van der Waals surface area contributed by atoms with Crippen LogP contribution in [0.4, 0.5) is 0 Å². The molecule has 2 aliphatic carbocycles. The normalized spacial score (nSPS) is 30.6. The summed E-state index contributed by atoms with van der Waals surface area (Å²) in [7, 11) is 0. The van der Waals surface area contributed by atoms with Crippen molar-refractivity contribution in [2.24, 2.45) is 5.92 Å². The third-order valence-electron chi connectivity index (χ3n) is 3.72. The lowest BCUT2D eigenvalue weighted by molar-refractivity contribution is -0.159. The lowest BCUT2D eigenvalue weighted by atomic mass is 9.67. The minimum absolute atomic E-state index is 0.287. The molecule has 1 aromatic carbocycles. The van der Waals surface area contributed by atoms with Gasteiger partial charge in [-0.2, -0.15) is 0 Å². The van der Waals surface area contributed by atoms with Crippen LogP contribution >= 0.6 is 0 Å². The molecule has 2 saturated carbocycles. The first kappa shape index (κ1) is 11.5. The van der Waals surface area contributed by atoms with E-state index in [9.17, 15) is 9.90 Å². The van der Waals surface area contributed by atoms with Gasteiger partial charge in [-0.15, -0.1) is 0 Å². The number of rotatable bonds is 4. The van der Waals surface area contributed by atoms with Gasteiger partial charge in [0.15, 0.2) is 0 Å². The highest BCUT2D eigenvalue weighted by atomic mass is 16.5. The summed E-state index contributed by atoms with van der Waals surface area (Å²) in [6.45, 7) is 0. The fourth-order valence-electron chi connectivity index (χ4n) is 2.40. The maximum Gasteiger partial charge on any atom is 0.306 e. The molecule has 0 aromatic heterocycles. The molecule has 3 rings (SSSR count). The summed E-state index contributed by atoms with van der Waals surface area (Å²) in [6, 6.07) is 7.38. The van der Waals surface area contributed by atoms with Crippen molar-refractivity contribution in [2.45, 2.75) is 37.4 Å². The van der Waals surface area contributed by atoms with E-state index in [0.717, 1.165) is 24.2 Å². The van der Waals surface area contributed by atoms with Gasteiger partial charge in [0.2, 0.25) is 0 Å². The molecule has 0 heterocycles. The average molecular weight is 248 g/mol. The Morgan fingerprint density at radius 2 is 2.06 bits per heavy atom. The fraction of sp³-hybridized carbons (Fsp3) is 0.500. The third kappa shape index (κ3) is 2.08. The summed E-state index contributed by atoms with van der Waals surface area (Å²) in [6.07, 6.45) is 3.08.